The number of carbonyl (C=O) groups is 1. The van der Waals surface area contributed by atoms with E-state index in [1.54, 1.807) is 5.38 Å². The number of hydrogen-bond donors (Lipinski definition) is 1. The first kappa shape index (κ1) is 17.7. The average Bonchev–Trinajstić information content (AvgIpc) is 3.41. The SMILES string of the molecule is CC(NC(=O)c1csc(-c2ccc(N3CCCC3)nc2)n1)c1ccccc1. The van der Waals surface area contributed by atoms with Gasteiger partial charge in [0, 0.05) is 30.2 Å². The molecule has 0 saturated carbocycles. The van der Waals surface area contributed by atoms with Crippen LogP contribution in [0.3, 0.4) is 0 Å². The number of benzene rings is 1. The largest absolute Gasteiger partial charge is 0.357 e. The lowest BCUT2D eigenvalue weighted by Crippen LogP contribution is -2.26. The van der Waals surface area contributed by atoms with E-state index in [0.29, 0.717) is 5.69 Å². The van der Waals surface area contributed by atoms with Crippen LogP contribution in [0, 0.1) is 0 Å². The van der Waals surface area contributed by atoms with E-state index in [-0.39, 0.29) is 11.9 Å². The molecule has 27 heavy (non-hydrogen) atoms. The molecule has 1 saturated heterocycles. The van der Waals surface area contributed by atoms with Crippen molar-refractivity contribution in [3.63, 3.8) is 0 Å². The molecule has 1 aromatic carbocycles. The highest BCUT2D eigenvalue weighted by Gasteiger charge is 2.16. The molecule has 5 nitrogen and oxygen atoms in total. The van der Waals surface area contributed by atoms with Gasteiger partial charge in [0.25, 0.3) is 5.91 Å². The van der Waals surface area contributed by atoms with Crippen LogP contribution in [-0.2, 0) is 0 Å². The Morgan fingerprint density at radius 2 is 1.93 bits per heavy atom. The molecule has 3 heterocycles. The summed E-state index contributed by atoms with van der Waals surface area (Å²) in [6.45, 7) is 4.13. The third-order valence-corrected chi connectivity index (χ3v) is 5.70. The summed E-state index contributed by atoms with van der Waals surface area (Å²) in [7, 11) is 0. The quantitative estimate of drug-likeness (QED) is 0.719. The summed E-state index contributed by atoms with van der Waals surface area (Å²) in [5.74, 6) is 0.859. The molecule has 2 aromatic heterocycles. The molecule has 1 amide bonds. The van der Waals surface area contributed by atoms with Gasteiger partial charge in [0.05, 0.1) is 6.04 Å². The van der Waals surface area contributed by atoms with Crippen molar-refractivity contribution < 1.29 is 4.79 Å². The molecule has 4 rings (SSSR count). The number of rotatable bonds is 5. The van der Waals surface area contributed by atoms with E-state index in [1.165, 1.54) is 24.2 Å². The maximum atomic E-state index is 12.5. The summed E-state index contributed by atoms with van der Waals surface area (Å²) < 4.78 is 0. The van der Waals surface area contributed by atoms with Crippen molar-refractivity contribution in [2.45, 2.75) is 25.8 Å². The number of nitrogens with one attached hydrogen (secondary N) is 1. The number of aromatic nitrogens is 2. The molecular weight excluding hydrogens is 356 g/mol. The number of carbonyl (C=O) groups excluding carboxylic acids is 1. The van der Waals surface area contributed by atoms with Gasteiger partial charge in [-0.1, -0.05) is 30.3 Å². The highest BCUT2D eigenvalue weighted by Crippen LogP contribution is 2.26. The Hall–Kier alpha value is -2.73. The van der Waals surface area contributed by atoms with Crippen molar-refractivity contribution in [1.82, 2.24) is 15.3 Å². The molecule has 0 radical (unpaired) electrons. The second-order valence-electron chi connectivity index (χ2n) is 6.74. The molecule has 6 heteroatoms. The molecular formula is C21H22N4OS. The number of nitrogens with zero attached hydrogens (tertiary/aromatic N) is 3. The lowest BCUT2D eigenvalue weighted by Gasteiger charge is -2.15. The monoisotopic (exact) mass is 378 g/mol. The first-order chi connectivity index (χ1) is 13.2. The zero-order chi connectivity index (χ0) is 18.6. The van der Waals surface area contributed by atoms with Crippen LogP contribution in [-0.4, -0.2) is 29.0 Å². The Labute approximate surface area is 163 Å². The van der Waals surface area contributed by atoms with Crippen LogP contribution in [0.1, 0.15) is 41.9 Å². The lowest BCUT2D eigenvalue weighted by molar-refractivity contribution is 0.0935. The summed E-state index contributed by atoms with van der Waals surface area (Å²) >= 11 is 1.47. The topological polar surface area (TPSA) is 58.1 Å². The standard InChI is InChI=1S/C21H22N4OS/c1-15(16-7-3-2-4-8-16)23-20(26)18-14-27-21(24-18)17-9-10-19(22-13-17)25-11-5-6-12-25/h2-4,7-10,13-15H,5-6,11-12H2,1H3,(H,23,26). The van der Waals surface area contributed by atoms with Gasteiger partial charge >= 0.3 is 0 Å². The smallest absolute Gasteiger partial charge is 0.271 e. The summed E-state index contributed by atoms with van der Waals surface area (Å²) in [5.41, 5.74) is 2.46. The van der Waals surface area contributed by atoms with Crippen LogP contribution in [0.4, 0.5) is 5.82 Å². The van der Waals surface area contributed by atoms with Crippen LogP contribution >= 0.6 is 11.3 Å². The third kappa shape index (κ3) is 4.01. The Morgan fingerprint density at radius 1 is 1.15 bits per heavy atom. The fourth-order valence-corrected chi connectivity index (χ4v) is 4.04. The van der Waals surface area contributed by atoms with E-state index < -0.39 is 0 Å². The number of thiazole rings is 1. The van der Waals surface area contributed by atoms with E-state index in [0.717, 1.165) is 35.0 Å². The van der Waals surface area contributed by atoms with Crippen LogP contribution in [0.25, 0.3) is 10.6 Å². The Kier molecular flexibility index (Phi) is 5.16. The normalized spacial score (nSPS) is 14.9. The molecule has 0 spiro atoms. The number of hydrogen-bond acceptors (Lipinski definition) is 5. The molecule has 138 valence electrons. The van der Waals surface area contributed by atoms with Gasteiger partial charge in [-0.15, -0.1) is 11.3 Å². The van der Waals surface area contributed by atoms with Gasteiger partial charge in [-0.2, -0.15) is 0 Å². The van der Waals surface area contributed by atoms with E-state index in [4.69, 9.17) is 0 Å². The molecule has 1 atom stereocenters. The molecule has 1 N–H and O–H groups in total. The van der Waals surface area contributed by atoms with Crippen molar-refractivity contribution in [1.29, 1.82) is 0 Å². The Morgan fingerprint density at radius 3 is 2.63 bits per heavy atom. The molecule has 1 aliphatic heterocycles. The van der Waals surface area contributed by atoms with Crippen LogP contribution < -0.4 is 10.2 Å². The summed E-state index contributed by atoms with van der Waals surface area (Å²) in [5, 5.41) is 5.62. The molecule has 1 fully saturated rings. The van der Waals surface area contributed by atoms with Gasteiger partial charge < -0.3 is 10.2 Å². The van der Waals surface area contributed by atoms with E-state index >= 15 is 0 Å². The van der Waals surface area contributed by atoms with Gasteiger partial charge in [-0.25, -0.2) is 9.97 Å². The van der Waals surface area contributed by atoms with Gasteiger partial charge in [0.1, 0.15) is 16.5 Å². The summed E-state index contributed by atoms with van der Waals surface area (Å²) in [4.78, 5) is 23.9. The minimum atomic E-state index is -0.157. The highest BCUT2D eigenvalue weighted by atomic mass is 32.1. The van der Waals surface area contributed by atoms with Crippen LogP contribution in [0.15, 0.2) is 54.0 Å². The Balaban J connectivity index is 1.44. The van der Waals surface area contributed by atoms with Gasteiger partial charge in [-0.05, 0) is 37.5 Å². The number of anilines is 1. The van der Waals surface area contributed by atoms with Crippen LogP contribution in [0.5, 0.6) is 0 Å². The molecule has 3 aromatic rings. The first-order valence-corrected chi connectivity index (χ1v) is 10.1. The molecule has 0 aliphatic carbocycles. The van der Waals surface area contributed by atoms with Crippen molar-refractivity contribution in [3.8, 4) is 10.6 Å². The Bertz CT molecular complexity index is 901. The minimum absolute atomic E-state index is 0.0646. The molecule has 1 unspecified atom stereocenters. The van der Waals surface area contributed by atoms with Crippen molar-refractivity contribution in [3.05, 3.63) is 65.3 Å². The summed E-state index contributed by atoms with van der Waals surface area (Å²) in [6, 6.07) is 13.9. The average molecular weight is 379 g/mol. The second-order valence-corrected chi connectivity index (χ2v) is 7.60. The van der Waals surface area contributed by atoms with Crippen molar-refractivity contribution in [2.75, 3.05) is 18.0 Å². The second kappa shape index (κ2) is 7.88. The van der Waals surface area contributed by atoms with E-state index in [9.17, 15) is 4.79 Å². The van der Waals surface area contributed by atoms with Gasteiger partial charge in [0.2, 0.25) is 0 Å². The zero-order valence-corrected chi connectivity index (χ0v) is 16.1. The fraction of sp³-hybridized carbons (Fsp3) is 0.286. The van der Waals surface area contributed by atoms with Gasteiger partial charge in [0.15, 0.2) is 0 Å². The molecule has 0 bridgehead atoms. The first-order valence-electron chi connectivity index (χ1n) is 9.23. The van der Waals surface area contributed by atoms with Gasteiger partial charge in [-0.3, -0.25) is 4.79 Å². The van der Waals surface area contributed by atoms with E-state index in [2.05, 4.69) is 20.2 Å². The van der Waals surface area contributed by atoms with Crippen molar-refractivity contribution in [2.24, 2.45) is 0 Å². The fourth-order valence-electron chi connectivity index (χ4n) is 3.25. The zero-order valence-electron chi connectivity index (χ0n) is 15.3. The lowest BCUT2D eigenvalue weighted by atomic mass is 10.1. The van der Waals surface area contributed by atoms with Crippen LogP contribution in [0.2, 0.25) is 0 Å². The predicted molar refractivity (Wildman–Crippen MR) is 109 cm³/mol. The maximum Gasteiger partial charge on any atom is 0.271 e. The molecule has 1 aliphatic rings. The number of pyridine rings is 1. The minimum Gasteiger partial charge on any atom is -0.357 e. The third-order valence-electron chi connectivity index (χ3n) is 4.81. The number of amides is 1. The predicted octanol–water partition coefficient (Wildman–Crippen LogP) is 4.30. The van der Waals surface area contributed by atoms with Crippen molar-refractivity contribution >= 4 is 23.1 Å². The van der Waals surface area contributed by atoms with E-state index in [1.807, 2.05) is 55.6 Å². The summed E-state index contributed by atoms with van der Waals surface area (Å²) in [6.07, 6.45) is 4.31. The highest BCUT2D eigenvalue weighted by molar-refractivity contribution is 7.13. The maximum absolute atomic E-state index is 12.5.